The van der Waals surface area contributed by atoms with Crippen molar-refractivity contribution in [3.63, 3.8) is 0 Å². The first kappa shape index (κ1) is 26.2. The normalized spacial score (nSPS) is 11.5. The van der Waals surface area contributed by atoms with Crippen LogP contribution >= 0.6 is 0 Å². The maximum atomic E-state index is 5.14. The predicted octanol–water partition coefficient (Wildman–Crippen LogP) is 11.2. The largest absolute Gasteiger partial charge is 0.208 e. The van der Waals surface area contributed by atoms with E-state index in [2.05, 4.69) is 127 Å². The van der Waals surface area contributed by atoms with Crippen molar-refractivity contribution in [1.29, 1.82) is 0 Å². The number of nitrogens with zero attached hydrogens (tertiary/aromatic N) is 3. The summed E-state index contributed by atoms with van der Waals surface area (Å²) in [6, 6.07) is 57.6. The summed E-state index contributed by atoms with van der Waals surface area (Å²) in [5, 5.41) is 9.52. The summed E-state index contributed by atoms with van der Waals surface area (Å²) in [4.78, 5) is 15.2. The lowest BCUT2D eigenvalue weighted by Gasteiger charge is -2.15. The minimum Gasteiger partial charge on any atom is -0.208 e. The first-order valence-corrected chi connectivity index (χ1v) is 15.5. The Labute approximate surface area is 266 Å². The Bertz CT molecular complexity index is 2510. The molecule has 0 spiro atoms. The summed E-state index contributed by atoms with van der Waals surface area (Å²) in [6.07, 6.45) is 0. The van der Waals surface area contributed by atoms with E-state index in [-0.39, 0.29) is 0 Å². The molecule has 0 amide bonds. The number of aromatic nitrogens is 3. The van der Waals surface area contributed by atoms with Crippen LogP contribution in [0.1, 0.15) is 0 Å². The Balaban J connectivity index is 1.36. The molecule has 46 heavy (non-hydrogen) atoms. The molecule has 3 heteroatoms. The molecule has 0 bridgehead atoms. The van der Waals surface area contributed by atoms with Gasteiger partial charge in [0.15, 0.2) is 17.5 Å². The summed E-state index contributed by atoms with van der Waals surface area (Å²) >= 11 is 0. The molecule has 0 N–H and O–H groups in total. The fourth-order valence-electron chi connectivity index (χ4n) is 6.68. The standard InChI is InChI=1S/C43H27N3/c1-3-14-30(15-4-1)41-44-42(31-16-5-2-6-17-31)46-43(45-41)39-27-33-23-22-32(35-21-11-18-28-12-7-9-19-34(28)35)26-38(33)37-25-24-29-13-8-10-20-36(29)40(37)39/h1-27H. The van der Waals surface area contributed by atoms with Gasteiger partial charge in [-0.1, -0.05) is 152 Å². The van der Waals surface area contributed by atoms with Crippen molar-refractivity contribution in [2.45, 2.75) is 0 Å². The highest BCUT2D eigenvalue weighted by Crippen LogP contribution is 2.41. The van der Waals surface area contributed by atoms with Crippen molar-refractivity contribution < 1.29 is 0 Å². The van der Waals surface area contributed by atoms with Crippen molar-refractivity contribution in [1.82, 2.24) is 15.0 Å². The van der Waals surface area contributed by atoms with Gasteiger partial charge in [0.05, 0.1) is 0 Å². The zero-order chi connectivity index (χ0) is 30.5. The molecule has 9 rings (SSSR count). The van der Waals surface area contributed by atoms with E-state index < -0.39 is 0 Å². The summed E-state index contributed by atoms with van der Waals surface area (Å²) in [6.45, 7) is 0. The Morgan fingerprint density at radius 1 is 0.283 bits per heavy atom. The van der Waals surface area contributed by atoms with Crippen LogP contribution in [0.25, 0.3) is 88.4 Å². The summed E-state index contributed by atoms with van der Waals surface area (Å²) in [5.41, 5.74) is 5.34. The van der Waals surface area contributed by atoms with Gasteiger partial charge in [-0.15, -0.1) is 0 Å². The molecule has 0 saturated carbocycles. The van der Waals surface area contributed by atoms with E-state index in [9.17, 15) is 0 Å². The average molecular weight is 586 g/mol. The maximum Gasteiger partial charge on any atom is 0.164 e. The van der Waals surface area contributed by atoms with Crippen molar-refractivity contribution in [3.8, 4) is 45.3 Å². The number of hydrogen-bond donors (Lipinski definition) is 0. The first-order chi connectivity index (χ1) is 22.8. The van der Waals surface area contributed by atoms with E-state index >= 15 is 0 Å². The number of hydrogen-bond acceptors (Lipinski definition) is 3. The van der Waals surface area contributed by atoms with Crippen molar-refractivity contribution in [2.75, 3.05) is 0 Å². The molecule has 0 aliphatic heterocycles. The molecule has 0 saturated heterocycles. The highest BCUT2D eigenvalue weighted by molar-refractivity contribution is 6.23. The second-order valence-corrected chi connectivity index (χ2v) is 11.6. The topological polar surface area (TPSA) is 38.7 Å². The number of rotatable bonds is 4. The van der Waals surface area contributed by atoms with Crippen LogP contribution in [0.2, 0.25) is 0 Å². The molecule has 9 aromatic rings. The third-order valence-electron chi connectivity index (χ3n) is 8.88. The van der Waals surface area contributed by atoms with Crippen molar-refractivity contribution in [2.24, 2.45) is 0 Å². The smallest absolute Gasteiger partial charge is 0.164 e. The minimum atomic E-state index is 0.657. The van der Waals surface area contributed by atoms with Gasteiger partial charge in [-0.25, -0.2) is 15.0 Å². The van der Waals surface area contributed by atoms with Gasteiger partial charge in [0.1, 0.15) is 0 Å². The molecule has 214 valence electrons. The minimum absolute atomic E-state index is 0.657. The van der Waals surface area contributed by atoms with Crippen LogP contribution in [0.5, 0.6) is 0 Å². The Morgan fingerprint density at radius 2 is 0.848 bits per heavy atom. The molecule has 0 aliphatic carbocycles. The van der Waals surface area contributed by atoms with Crippen molar-refractivity contribution in [3.05, 3.63) is 164 Å². The van der Waals surface area contributed by atoms with Crippen LogP contribution in [0.4, 0.5) is 0 Å². The molecule has 0 fully saturated rings. The van der Waals surface area contributed by atoms with E-state index in [1.165, 1.54) is 43.4 Å². The van der Waals surface area contributed by atoms with E-state index in [1.807, 2.05) is 36.4 Å². The molecule has 0 unspecified atom stereocenters. The van der Waals surface area contributed by atoms with Gasteiger partial charge in [0.2, 0.25) is 0 Å². The van der Waals surface area contributed by atoms with Crippen molar-refractivity contribution >= 4 is 43.1 Å². The third-order valence-corrected chi connectivity index (χ3v) is 8.88. The molecular formula is C43H27N3. The van der Waals surface area contributed by atoms with Crippen LogP contribution in [0.15, 0.2) is 164 Å². The van der Waals surface area contributed by atoms with Gasteiger partial charge in [-0.05, 0) is 61.0 Å². The molecule has 3 nitrogen and oxygen atoms in total. The van der Waals surface area contributed by atoms with E-state index in [0.29, 0.717) is 17.5 Å². The highest BCUT2D eigenvalue weighted by atomic mass is 15.0. The zero-order valence-electron chi connectivity index (χ0n) is 24.9. The van der Waals surface area contributed by atoms with Crippen LogP contribution in [-0.2, 0) is 0 Å². The first-order valence-electron chi connectivity index (χ1n) is 15.5. The fraction of sp³-hybridized carbons (Fsp3) is 0. The Hall–Kier alpha value is -6.19. The second-order valence-electron chi connectivity index (χ2n) is 11.6. The molecule has 8 aromatic carbocycles. The lowest BCUT2D eigenvalue weighted by atomic mass is 9.90. The SMILES string of the molecule is c1ccc(-c2nc(-c3ccccc3)nc(-c3cc4ccc(-c5cccc6ccccc56)cc4c4ccc5ccccc5c34)n2)cc1. The Morgan fingerprint density at radius 3 is 1.57 bits per heavy atom. The molecule has 1 aromatic heterocycles. The molecule has 0 radical (unpaired) electrons. The van der Waals surface area contributed by atoms with Crippen LogP contribution in [-0.4, -0.2) is 15.0 Å². The highest BCUT2D eigenvalue weighted by Gasteiger charge is 2.18. The van der Waals surface area contributed by atoms with Crippen LogP contribution < -0.4 is 0 Å². The molecule has 1 heterocycles. The predicted molar refractivity (Wildman–Crippen MR) is 192 cm³/mol. The molecule has 0 aliphatic rings. The molecular weight excluding hydrogens is 558 g/mol. The lowest BCUT2D eigenvalue weighted by Crippen LogP contribution is -2.01. The maximum absolute atomic E-state index is 5.14. The van der Waals surface area contributed by atoms with Gasteiger partial charge >= 0.3 is 0 Å². The number of benzene rings is 8. The third kappa shape index (κ3) is 4.41. The zero-order valence-corrected chi connectivity index (χ0v) is 24.9. The quantitative estimate of drug-likeness (QED) is 0.193. The summed E-state index contributed by atoms with van der Waals surface area (Å²) in [5.74, 6) is 1.97. The summed E-state index contributed by atoms with van der Waals surface area (Å²) < 4.78 is 0. The Kier molecular flexibility index (Phi) is 6.14. The van der Waals surface area contributed by atoms with Crippen LogP contribution in [0, 0.1) is 0 Å². The summed E-state index contributed by atoms with van der Waals surface area (Å²) in [7, 11) is 0. The van der Waals surface area contributed by atoms with Gasteiger partial charge in [-0.3, -0.25) is 0 Å². The average Bonchev–Trinajstić information content (AvgIpc) is 3.14. The van der Waals surface area contributed by atoms with E-state index in [4.69, 9.17) is 15.0 Å². The monoisotopic (exact) mass is 585 g/mol. The van der Waals surface area contributed by atoms with Gasteiger partial charge in [0.25, 0.3) is 0 Å². The lowest BCUT2D eigenvalue weighted by molar-refractivity contribution is 1.08. The van der Waals surface area contributed by atoms with E-state index in [1.54, 1.807) is 0 Å². The van der Waals surface area contributed by atoms with Gasteiger partial charge in [-0.2, -0.15) is 0 Å². The fourth-order valence-corrected chi connectivity index (χ4v) is 6.68. The van der Waals surface area contributed by atoms with Crippen LogP contribution in [0.3, 0.4) is 0 Å². The number of fused-ring (bicyclic) bond motifs is 6. The van der Waals surface area contributed by atoms with Gasteiger partial charge < -0.3 is 0 Å². The molecule has 0 atom stereocenters. The van der Waals surface area contributed by atoms with Gasteiger partial charge in [0, 0.05) is 22.1 Å². The second kappa shape index (κ2) is 10.8. The van der Waals surface area contributed by atoms with E-state index in [0.717, 1.165) is 27.5 Å².